The van der Waals surface area contributed by atoms with E-state index in [4.69, 9.17) is 5.11 Å². The minimum absolute atomic E-state index is 0.0000463. The Labute approximate surface area is 107 Å². The van der Waals surface area contributed by atoms with Crippen molar-refractivity contribution in [2.75, 3.05) is 6.54 Å². The Hall–Kier alpha value is -1.42. The molecule has 0 heterocycles. The molecule has 1 aromatic rings. The predicted octanol–water partition coefficient (Wildman–Crippen LogP) is 3.07. The highest BCUT2D eigenvalue weighted by Crippen LogP contribution is 2.23. The molecule has 2 unspecified atom stereocenters. The number of hydrogen-bond donors (Lipinski definition) is 1. The lowest BCUT2D eigenvalue weighted by Gasteiger charge is -2.33. The van der Waals surface area contributed by atoms with E-state index in [9.17, 15) is 9.18 Å². The van der Waals surface area contributed by atoms with Crippen LogP contribution in [0.4, 0.5) is 4.39 Å². The van der Waals surface area contributed by atoms with E-state index < -0.39 is 5.97 Å². The van der Waals surface area contributed by atoms with Gasteiger partial charge in [0.1, 0.15) is 5.82 Å². The first kappa shape index (κ1) is 14.6. The summed E-state index contributed by atoms with van der Waals surface area (Å²) in [5.74, 6) is -1.08. The van der Waals surface area contributed by atoms with Crippen LogP contribution in [-0.4, -0.2) is 28.6 Å². The quantitative estimate of drug-likeness (QED) is 0.847. The van der Waals surface area contributed by atoms with Crippen LogP contribution in [0.3, 0.4) is 0 Å². The van der Waals surface area contributed by atoms with E-state index in [0.29, 0.717) is 0 Å². The molecule has 1 aromatic carbocycles. The van der Waals surface area contributed by atoms with Gasteiger partial charge in [-0.05, 0) is 38.1 Å². The lowest BCUT2D eigenvalue weighted by Crippen LogP contribution is -2.36. The highest BCUT2D eigenvalue weighted by atomic mass is 19.1. The summed E-state index contributed by atoms with van der Waals surface area (Å²) in [5.41, 5.74) is 0.870. The Bertz CT molecular complexity index is 409. The number of hydrogen-bond acceptors (Lipinski definition) is 2. The molecule has 100 valence electrons. The first-order chi connectivity index (χ1) is 8.45. The van der Waals surface area contributed by atoms with Crippen molar-refractivity contribution < 1.29 is 14.3 Å². The summed E-state index contributed by atoms with van der Waals surface area (Å²) >= 11 is 0. The summed E-state index contributed by atoms with van der Waals surface area (Å²) in [6, 6.07) is 6.38. The van der Waals surface area contributed by atoms with E-state index in [-0.39, 0.29) is 24.3 Å². The van der Waals surface area contributed by atoms with Gasteiger partial charge in [0.15, 0.2) is 0 Å². The van der Waals surface area contributed by atoms with Crippen molar-refractivity contribution in [1.29, 1.82) is 0 Å². The summed E-state index contributed by atoms with van der Waals surface area (Å²) in [5, 5.41) is 8.84. The van der Waals surface area contributed by atoms with Gasteiger partial charge < -0.3 is 5.11 Å². The fourth-order valence-corrected chi connectivity index (χ4v) is 2.30. The van der Waals surface area contributed by atoms with Gasteiger partial charge in [-0.2, -0.15) is 0 Å². The van der Waals surface area contributed by atoms with E-state index in [2.05, 4.69) is 4.90 Å². The monoisotopic (exact) mass is 253 g/mol. The molecule has 0 bridgehead atoms. The molecular formula is C14H20FNO2. The molecule has 2 atom stereocenters. The van der Waals surface area contributed by atoms with Crippen LogP contribution in [0, 0.1) is 5.82 Å². The molecule has 0 spiro atoms. The summed E-state index contributed by atoms with van der Waals surface area (Å²) in [4.78, 5) is 12.8. The molecule has 0 aromatic heterocycles. The molecule has 4 heteroatoms. The van der Waals surface area contributed by atoms with Crippen molar-refractivity contribution in [2.45, 2.75) is 39.3 Å². The Morgan fingerprint density at radius 1 is 1.44 bits per heavy atom. The Morgan fingerprint density at radius 3 is 2.61 bits per heavy atom. The van der Waals surface area contributed by atoms with E-state index >= 15 is 0 Å². The molecular weight excluding hydrogens is 233 g/mol. The van der Waals surface area contributed by atoms with Crippen LogP contribution in [0.2, 0.25) is 0 Å². The summed E-state index contributed by atoms with van der Waals surface area (Å²) < 4.78 is 13.2. The second-order valence-corrected chi connectivity index (χ2v) is 4.51. The van der Waals surface area contributed by atoms with Crippen LogP contribution in [0.15, 0.2) is 24.3 Å². The molecule has 0 fully saturated rings. The van der Waals surface area contributed by atoms with Crippen LogP contribution < -0.4 is 0 Å². The topological polar surface area (TPSA) is 40.5 Å². The van der Waals surface area contributed by atoms with Crippen molar-refractivity contribution in [3.05, 3.63) is 35.6 Å². The van der Waals surface area contributed by atoms with E-state index in [0.717, 1.165) is 12.1 Å². The Kier molecular flexibility index (Phi) is 5.28. The number of benzene rings is 1. The maximum Gasteiger partial charge on any atom is 0.304 e. The molecule has 3 nitrogen and oxygen atoms in total. The van der Waals surface area contributed by atoms with Crippen molar-refractivity contribution in [3.63, 3.8) is 0 Å². The standard InChI is InChI=1S/C14H20FNO2/c1-4-16(10(2)8-14(17)18)11(3)12-6-5-7-13(15)9-12/h5-7,9-11H,4,8H2,1-3H3,(H,17,18). The first-order valence-corrected chi connectivity index (χ1v) is 6.18. The van der Waals surface area contributed by atoms with Crippen LogP contribution in [0.25, 0.3) is 0 Å². The largest absolute Gasteiger partial charge is 0.481 e. The van der Waals surface area contributed by atoms with Gasteiger partial charge in [-0.3, -0.25) is 9.69 Å². The van der Waals surface area contributed by atoms with Crippen LogP contribution in [-0.2, 0) is 4.79 Å². The zero-order valence-corrected chi connectivity index (χ0v) is 11.1. The van der Waals surface area contributed by atoms with Crippen molar-refractivity contribution in [1.82, 2.24) is 4.90 Å². The molecule has 0 saturated carbocycles. The number of nitrogens with zero attached hydrogens (tertiary/aromatic N) is 1. The van der Waals surface area contributed by atoms with Gasteiger partial charge in [0.2, 0.25) is 0 Å². The van der Waals surface area contributed by atoms with Crippen molar-refractivity contribution >= 4 is 5.97 Å². The van der Waals surface area contributed by atoms with Gasteiger partial charge in [-0.25, -0.2) is 4.39 Å². The van der Waals surface area contributed by atoms with Crippen LogP contribution in [0.1, 0.15) is 38.8 Å². The van der Waals surface area contributed by atoms with Gasteiger partial charge in [0.05, 0.1) is 6.42 Å². The summed E-state index contributed by atoms with van der Waals surface area (Å²) in [6.45, 7) is 6.56. The molecule has 0 aliphatic carbocycles. The Morgan fingerprint density at radius 2 is 2.11 bits per heavy atom. The van der Waals surface area contributed by atoms with E-state index in [1.54, 1.807) is 6.07 Å². The van der Waals surface area contributed by atoms with Gasteiger partial charge in [-0.1, -0.05) is 19.1 Å². The molecule has 0 saturated heterocycles. The fraction of sp³-hybridized carbons (Fsp3) is 0.500. The molecule has 18 heavy (non-hydrogen) atoms. The molecule has 1 N–H and O–H groups in total. The van der Waals surface area contributed by atoms with Gasteiger partial charge in [-0.15, -0.1) is 0 Å². The summed E-state index contributed by atoms with van der Waals surface area (Å²) in [6.07, 6.45) is 0.0908. The zero-order valence-electron chi connectivity index (χ0n) is 11.1. The maximum absolute atomic E-state index is 13.2. The maximum atomic E-state index is 13.2. The average molecular weight is 253 g/mol. The lowest BCUT2D eigenvalue weighted by atomic mass is 10.0. The summed E-state index contributed by atoms with van der Waals surface area (Å²) in [7, 11) is 0. The molecule has 0 aliphatic heterocycles. The normalized spacial score (nSPS) is 14.5. The fourth-order valence-electron chi connectivity index (χ4n) is 2.30. The second kappa shape index (κ2) is 6.50. The third-order valence-electron chi connectivity index (χ3n) is 3.23. The zero-order chi connectivity index (χ0) is 13.7. The van der Waals surface area contributed by atoms with Crippen molar-refractivity contribution in [3.8, 4) is 0 Å². The second-order valence-electron chi connectivity index (χ2n) is 4.51. The third kappa shape index (κ3) is 3.81. The molecule has 0 aliphatic rings. The first-order valence-electron chi connectivity index (χ1n) is 6.18. The highest BCUT2D eigenvalue weighted by molar-refractivity contribution is 5.67. The molecule has 1 rings (SSSR count). The average Bonchev–Trinajstić information content (AvgIpc) is 2.28. The van der Waals surface area contributed by atoms with E-state index in [1.165, 1.54) is 12.1 Å². The van der Waals surface area contributed by atoms with Crippen LogP contribution >= 0.6 is 0 Å². The number of carboxylic acids is 1. The van der Waals surface area contributed by atoms with Gasteiger partial charge in [0, 0.05) is 12.1 Å². The van der Waals surface area contributed by atoms with Crippen molar-refractivity contribution in [2.24, 2.45) is 0 Å². The van der Waals surface area contributed by atoms with Gasteiger partial charge >= 0.3 is 5.97 Å². The number of aliphatic carboxylic acids is 1. The smallest absolute Gasteiger partial charge is 0.304 e. The number of carbonyl (C=O) groups is 1. The third-order valence-corrected chi connectivity index (χ3v) is 3.23. The van der Waals surface area contributed by atoms with E-state index in [1.807, 2.05) is 26.8 Å². The van der Waals surface area contributed by atoms with Gasteiger partial charge in [0.25, 0.3) is 0 Å². The number of halogens is 1. The molecule has 0 radical (unpaired) electrons. The Balaban J connectivity index is 2.84. The minimum Gasteiger partial charge on any atom is -0.481 e. The molecule has 0 amide bonds. The predicted molar refractivity (Wildman–Crippen MR) is 68.9 cm³/mol. The SMILES string of the molecule is CCN(C(C)CC(=O)O)C(C)c1cccc(F)c1. The number of carboxylic acid groups (broad SMARTS) is 1. The lowest BCUT2D eigenvalue weighted by molar-refractivity contribution is -0.138. The number of rotatable bonds is 6. The highest BCUT2D eigenvalue weighted by Gasteiger charge is 2.21. The minimum atomic E-state index is -0.813. The van der Waals surface area contributed by atoms with Crippen LogP contribution in [0.5, 0.6) is 0 Å².